The Morgan fingerprint density at radius 2 is 2.00 bits per heavy atom. The van der Waals surface area contributed by atoms with E-state index in [1.807, 2.05) is 42.6 Å². The Kier molecular flexibility index (Phi) is 4.14. The molecule has 1 fully saturated rings. The number of hydrogen-bond acceptors (Lipinski definition) is 3. The Balaban J connectivity index is 1.73. The van der Waals surface area contributed by atoms with Crippen LogP contribution in [0.3, 0.4) is 0 Å². The van der Waals surface area contributed by atoms with Gasteiger partial charge in [-0.25, -0.2) is 4.39 Å². The molecule has 0 amide bonds. The van der Waals surface area contributed by atoms with Crippen molar-refractivity contribution in [3.63, 3.8) is 0 Å². The van der Waals surface area contributed by atoms with Gasteiger partial charge in [0, 0.05) is 17.5 Å². The van der Waals surface area contributed by atoms with E-state index in [9.17, 15) is 14.3 Å². The number of aliphatic hydroxyl groups excluding tert-OH is 1. The number of ketones is 1. The monoisotopic (exact) mass is 337 g/mol. The van der Waals surface area contributed by atoms with Crippen molar-refractivity contribution in [2.24, 2.45) is 11.8 Å². The molecule has 0 radical (unpaired) electrons. The van der Waals surface area contributed by atoms with Gasteiger partial charge in [-0.3, -0.25) is 4.79 Å². The normalized spacial score (nSPS) is 24.6. The van der Waals surface area contributed by atoms with E-state index < -0.39 is 5.92 Å². The highest BCUT2D eigenvalue weighted by molar-refractivity contribution is 5.91. The summed E-state index contributed by atoms with van der Waals surface area (Å²) >= 11 is 0. The lowest BCUT2D eigenvalue weighted by Crippen LogP contribution is -2.31. The SMILES string of the molecule is O=C1CN(c2ccccc2CO)/C=C\C2=CC1C(F)=CC(C1CC1)=C2. The van der Waals surface area contributed by atoms with Gasteiger partial charge in [0.1, 0.15) is 5.83 Å². The zero-order valence-electron chi connectivity index (χ0n) is 13.9. The molecule has 2 bridgehead atoms. The zero-order valence-corrected chi connectivity index (χ0v) is 13.9. The lowest BCUT2D eigenvalue weighted by Gasteiger charge is -2.25. The highest BCUT2D eigenvalue weighted by atomic mass is 19.1. The molecule has 4 heteroatoms. The quantitative estimate of drug-likeness (QED) is 0.911. The maximum Gasteiger partial charge on any atom is 0.166 e. The Bertz CT molecular complexity index is 830. The van der Waals surface area contributed by atoms with Crippen molar-refractivity contribution in [2.45, 2.75) is 19.4 Å². The van der Waals surface area contributed by atoms with Gasteiger partial charge in [-0.15, -0.1) is 0 Å². The molecule has 2 aliphatic carbocycles. The van der Waals surface area contributed by atoms with Gasteiger partial charge in [-0.2, -0.15) is 0 Å². The van der Waals surface area contributed by atoms with E-state index in [-0.39, 0.29) is 24.8 Å². The number of benzene rings is 1. The first-order chi connectivity index (χ1) is 12.2. The Morgan fingerprint density at radius 3 is 2.76 bits per heavy atom. The fourth-order valence-corrected chi connectivity index (χ4v) is 3.39. The number of hydrogen-bond donors (Lipinski definition) is 1. The highest BCUT2D eigenvalue weighted by Crippen LogP contribution is 2.40. The minimum Gasteiger partial charge on any atom is -0.392 e. The molecule has 1 atom stereocenters. The second-order valence-corrected chi connectivity index (χ2v) is 6.79. The van der Waals surface area contributed by atoms with Crippen LogP contribution >= 0.6 is 0 Å². The maximum atomic E-state index is 14.7. The van der Waals surface area contributed by atoms with Crippen LogP contribution in [0.5, 0.6) is 0 Å². The van der Waals surface area contributed by atoms with Gasteiger partial charge in [0.05, 0.1) is 19.1 Å². The van der Waals surface area contributed by atoms with Crippen LogP contribution in [-0.4, -0.2) is 17.4 Å². The van der Waals surface area contributed by atoms with Crippen LogP contribution in [0.25, 0.3) is 0 Å². The van der Waals surface area contributed by atoms with E-state index >= 15 is 0 Å². The number of para-hydroxylation sites is 1. The van der Waals surface area contributed by atoms with Gasteiger partial charge in [-0.1, -0.05) is 30.4 Å². The molecule has 1 aromatic rings. The average Bonchev–Trinajstić information content (AvgIpc) is 3.44. The number of anilines is 1. The second kappa shape index (κ2) is 6.45. The number of aliphatic hydroxyl groups is 1. The molecule has 1 N–H and O–H groups in total. The lowest BCUT2D eigenvalue weighted by molar-refractivity contribution is -0.119. The van der Waals surface area contributed by atoms with Gasteiger partial charge in [0.2, 0.25) is 0 Å². The molecular weight excluding hydrogens is 317 g/mol. The number of Topliss-reactive ketones (excluding diaryl/α,β-unsaturated/α-hetero) is 1. The maximum absolute atomic E-state index is 14.7. The molecule has 1 aliphatic heterocycles. The Hall–Kier alpha value is -2.46. The third-order valence-electron chi connectivity index (χ3n) is 4.93. The van der Waals surface area contributed by atoms with E-state index in [2.05, 4.69) is 0 Å². The molecule has 1 saturated carbocycles. The molecule has 0 saturated heterocycles. The fourth-order valence-electron chi connectivity index (χ4n) is 3.39. The van der Waals surface area contributed by atoms with Crippen molar-refractivity contribution in [1.82, 2.24) is 0 Å². The molecule has 128 valence electrons. The first-order valence-electron chi connectivity index (χ1n) is 8.62. The third kappa shape index (κ3) is 3.22. The molecule has 1 aromatic carbocycles. The molecule has 0 aromatic heterocycles. The van der Waals surface area contributed by atoms with Gasteiger partial charge >= 0.3 is 0 Å². The Labute approximate surface area is 146 Å². The van der Waals surface area contributed by atoms with E-state index in [0.29, 0.717) is 5.92 Å². The zero-order chi connectivity index (χ0) is 17.4. The summed E-state index contributed by atoms with van der Waals surface area (Å²) in [6.45, 7) is -0.0389. The van der Waals surface area contributed by atoms with Crippen LogP contribution in [0, 0.1) is 11.8 Å². The third-order valence-corrected chi connectivity index (χ3v) is 4.93. The predicted molar refractivity (Wildman–Crippen MR) is 95.4 cm³/mol. The van der Waals surface area contributed by atoms with Crippen LogP contribution in [0.2, 0.25) is 0 Å². The van der Waals surface area contributed by atoms with Crippen LogP contribution in [0.15, 0.2) is 71.7 Å². The number of allylic oxidation sites excluding steroid dienone is 7. The molecule has 1 unspecified atom stereocenters. The largest absolute Gasteiger partial charge is 0.392 e. The minimum absolute atomic E-state index is 0.0714. The van der Waals surface area contributed by atoms with Crippen LogP contribution < -0.4 is 4.90 Å². The summed E-state index contributed by atoms with van der Waals surface area (Å²) in [6.07, 6.45) is 11.2. The number of fused-ring (bicyclic) bond motifs is 1. The van der Waals surface area contributed by atoms with Crippen molar-refractivity contribution in [2.75, 3.05) is 11.4 Å². The molecule has 3 aliphatic rings. The number of halogens is 1. The van der Waals surface area contributed by atoms with Crippen molar-refractivity contribution in [3.05, 3.63) is 77.3 Å². The molecule has 25 heavy (non-hydrogen) atoms. The average molecular weight is 337 g/mol. The first kappa shape index (κ1) is 16.0. The van der Waals surface area contributed by atoms with Gasteiger partial charge in [-0.05, 0) is 48.1 Å². The molecule has 4 rings (SSSR count). The van der Waals surface area contributed by atoms with E-state index in [1.165, 1.54) is 0 Å². The predicted octanol–water partition coefficient (Wildman–Crippen LogP) is 3.83. The molecule has 1 heterocycles. The summed E-state index contributed by atoms with van der Waals surface area (Å²) in [6, 6.07) is 7.40. The van der Waals surface area contributed by atoms with Crippen molar-refractivity contribution in [1.29, 1.82) is 0 Å². The number of rotatable bonds is 3. The highest BCUT2D eigenvalue weighted by Gasteiger charge is 2.31. The number of carbonyl (C=O) groups is 1. The van der Waals surface area contributed by atoms with Crippen molar-refractivity contribution >= 4 is 11.5 Å². The van der Waals surface area contributed by atoms with Crippen LogP contribution in [-0.2, 0) is 11.4 Å². The summed E-state index contributed by atoms with van der Waals surface area (Å²) in [5.74, 6) is -0.975. The molecule has 3 nitrogen and oxygen atoms in total. The van der Waals surface area contributed by atoms with Gasteiger partial charge in [0.15, 0.2) is 5.78 Å². The van der Waals surface area contributed by atoms with E-state index in [4.69, 9.17) is 0 Å². The van der Waals surface area contributed by atoms with Crippen molar-refractivity contribution < 1.29 is 14.3 Å². The standard InChI is InChI=1S/C21H20FNO2/c22-19-11-17(15-5-6-15)9-14-7-8-23(12-21(25)18(19)10-14)20-4-2-1-3-16(20)13-24/h1-4,7-11,15,18,24H,5-6,12-13H2/b8-7-. The minimum atomic E-state index is -0.837. The fraction of sp³-hybridized carbons (Fsp3) is 0.286. The van der Waals surface area contributed by atoms with Crippen LogP contribution in [0.1, 0.15) is 18.4 Å². The summed E-state index contributed by atoms with van der Waals surface area (Å²) in [5.41, 5.74) is 3.34. The molecule has 0 spiro atoms. The topological polar surface area (TPSA) is 40.5 Å². The summed E-state index contributed by atoms with van der Waals surface area (Å²) in [7, 11) is 0. The van der Waals surface area contributed by atoms with E-state index in [1.54, 1.807) is 17.1 Å². The van der Waals surface area contributed by atoms with Gasteiger partial charge in [0.25, 0.3) is 0 Å². The van der Waals surface area contributed by atoms with E-state index in [0.717, 1.165) is 35.2 Å². The number of carbonyl (C=O) groups excluding carboxylic acids is 1. The molecular formula is C21H20FNO2. The number of nitrogens with zero attached hydrogens (tertiary/aromatic N) is 1. The summed E-state index contributed by atoms with van der Waals surface area (Å²) < 4.78 is 14.7. The van der Waals surface area contributed by atoms with Crippen molar-refractivity contribution in [3.8, 4) is 0 Å². The summed E-state index contributed by atoms with van der Waals surface area (Å²) in [4.78, 5) is 14.5. The smallest absolute Gasteiger partial charge is 0.166 e. The lowest BCUT2D eigenvalue weighted by atomic mass is 9.97. The van der Waals surface area contributed by atoms with Gasteiger partial charge < -0.3 is 10.0 Å². The summed E-state index contributed by atoms with van der Waals surface area (Å²) in [5, 5.41) is 9.57. The first-order valence-corrected chi connectivity index (χ1v) is 8.62. The Morgan fingerprint density at radius 1 is 1.20 bits per heavy atom. The second-order valence-electron chi connectivity index (χ2n) is 6.79. The van der Waals surface area contributed by atoms with Crippen LogP contribution in [0.4, 0.5) is 10.1 Å².